The van der Waals surface area contributed by atoms with Crippen LogP contribution in [0.2, 0.25) is 0 Å². The fourth-order valence-corrected chi connectivity index (χ4v) is 2.38. The number of imidazole rings is 1. The second kappa shape index (κ2) is 5.37. The van der Waals surface area contributed by atoms with Crippen LogP contribution in [-0.2, 0) is 11.3 Å². The first-order valence-electron chi connectivity index (χ1n) is 6.15. The Morgan fingerprint density at radius 2 is 2.14 bits per heavy atom. The van der Waals surface area contributed by atoms with Gasteiger partial charge in [-0.25, -0.2) is 14.2 Å². The number of hydrogen-bond donors (Lipinski definition) is 2. The quantitative estimate of drug-likeness (QED) is 0.562. The number of hydrogen-bond acceptors (Lipinski definition) is 5. The van der Waals surface area contributed by atoms with E-state index in [1.807, 2.05) is 12.1 Å². The molecule has 7 heteroatoms. The molecule has 0 aliphatic carbocycles. The maximum Gasteiger partial charge on any atom is 0.154 e. The Hall–Kier alpha value is -2.67. The van der Waals surface area contributed by atoms with Gasteiger partial charge in [0.15, 0.2) is 5.82 Å². The number of aromatic nitrogens is 3. The smallest absolute Gasteiger partial charge is 0.154 e. The van der Waals surface area contributed by atoms with E-state index in [4.69, 9.17) is 10.5 Å². The summed E-state index contributed by atoms with van der Waals surface area (Å²) in [5, 5.41) is 0. The zero-order valence-corrected chi connectivity index (χ0v) is 12.0. The van der Waals surface area contributed by atoms with E-state index in [0.717, 1.165) is 11.0 Å². The number of aromatic amines is 1. The second-order valence-electron chi connectivity index (χ2n) is 4.33. The topological polar surface area (TPSA) is 93.9 Å². The van der Waals surface area contributed by atoms with Crippen LogP contribution in [-0.4, -0.2) is 31.1 Å². The Kier molecular flexibility index (Phi) is 3.41. The van der Waals surface area contributed by atoms with Crippen LogP contribution in [0, 0.1) is 0 Å². The third-order valence-electron chi connectivity index (χ3n) is 2.99. The lowest BCUT2D eigenvalue weighted by atomic mass is 10.2. The van der Waals surface area contributed by atoms with Crippen molar-refractivity contribution in [2.45, 2.75) is 0 Å². The lowest BCUT2D eigenvalue weighted by Crippen LogP contribution is -2.08. The van der Waals surface area contributed by atoms with Crippen LogP contribution < -0.4 is 10.5 Å². The van der Waals surface area contributed by atoms with Crippen LogP contribution in [0.15, 0.2) is 36.4 Å². The highest BCUT2D eigenvalue weighted by molar-refractivity contribution is 7.67. The zero-order chi connectivity index (χ0) is 14.8. The summed E-state index contributed by atoms with van der Waals surface area (Å²) in [5.41, 5.74) is 7.70. The van der Waals surface area contributed by atoms with Crippen molar-refractivity contribution in [3.05, 3.63) is 47.9 Å². The Morgan fingerprint density at radius 1 is 1.29 bits per heavy atom. The first-order chi connectivity index (χ1) is 10.2. The fourth-order valence-electron chi connectivity index (χ4n) is 2.00. The van der Waals surface area contributed by atoms with Gasteiger partial charge in [-0.15, -0.1) is 0 Å². The number of nitrogens with two attached hydrogens (primary N) is 1. The third-order valence-corrected chi connectivity index (χ3v) is 3.56. The molecule has 6 nitrogen and oxygen atoms in total. The van der Waals surface area contributed by atoms with Gasteiger partial charge < -0.3 is 15.5 Å². The molecule has 0 spiro atoms. The third kappa shape index (κ3) is 2.50. The zero-order valence-electron chi connectivity index (χ0n) is 11.2. The van der Waals surface area contributed by atoms with Crippen LogP contribution in [0.25, 0.3) is 11.0 Å². The molecule has 21 heavy (non-hydrogen) atoms. The highest BCUT2D eigenvalue weighted by Gasteiger charge is 2.13. The lowest BCUT2D eigenvalue weighted by Gasteiger charge is -1.99. The molecular formula is C14H12N4O2S. The molecule has 0 aliphatic heterocycles. The highest BCUT2D eigenvalue weighted by atomic mass is 32.1. The predicted molar refractivity (Wildman–Crippen MR) is 82.6 cm³/mol. The number of benzene rings is 1. The van der Waals surface area contributed by atoms with E-state index in [9.17, 15) is 4.21 Å². The predicted octanol–water partition coefficient (Wildman–Crippen LogP) is 1.33. The van der Waals surface area contributed by atoms with E-state index in [1.165, 1.54) is 0 Å². The van der Waals surface area contributed by atoms with Gasteiger partial charge in [0.1, 0.15) is 27.7 Å². The molecule has 0 saturated heterocycles. The molecule has 0 amide bonds. The van der Waals surface area contributed by atoms with Crippen LogP contribution in [0.5, 0.6) is 5.75 Å². The molecule has 2 heterocycles. The summed E-state index contributed by atoms with van der Waals surface area (Å²) in [6, 6.07) is 10.6. The van der Waals surface area contributed by atoms with Crippen molar-refractivity contribution in [2.24, 2.45) is 0 Å². The number of rotatable bonds is 3. The first-order valence-corrected chi connectivity index (χ1v) is 6.89. The largest absolute Gasteiger partial charge is 0.497 e. The molecule has 3 rings (SSSR count). The van der Waals surface area contributed by atoms with Crippen LogP contribution in [0.1, 0.15) is 11.5 Å². The fraction of sp³-hybridized carbons (Fsp3) is 0.0714. The van der Waals surface area contributed by atoms with Gasteiger partial charge in [0, 0.05) is 6.07 Å². The molecule has 0 bridgehead atoms. The number of fused-ring (bicyclic) bond motifs is 1. The number of H-pyrrole nitrogens is 1. The van der Waals surface area contributed by atoms with Crippen LogP contribution >= 0.6 is 0 Å². The standard InChI is InChI=1S/C14H12N4O2S/c1-20-8-5-6-9-11(7-8)18-14(17-9)13(21-19)10-3-2-4-12(15)16-10/h2-7H,1H3,(H2,15,16)(H,17,18). The molecule has 0 radical (unpaired) electrons. The summed E-state index contributed by atoms with van der Waals surface area (Å²) >= 11 is 0.334. The SMILES string of the molecule is COc1ccc2[nH]c(C(=S=O)c3cccc(N)n3)nc2c1. The first kappa shape index (κ1) is 13.3. The molecule has 3 N–H and O–H groups in total. The lowest BCUT2D eigenvalue weighted by molar-refractivity contribution is 0.415. The normalized spacial score (nSPS) is 10.5. The Labute approximate surface area is 124 Å². The molecule has 0 unspecified atom stereocenters. The van der Waals surface area contributed by atoms with Gasteiger partial charge in [0.25, 0.3) is 0 Å². The summed E-state index contributed by atoms with van der Waals surface area (Å²) in [4.78, 5) is 12.1. The minimum absolute atomic E-state index is 0.334. The monoisotopic (exact) mass is 300 g/mol. The average Bonchev–Trinajstić information content (AvgIpc) is 2.90. The average molecular weight is 300 g/mol. The number of nitrogens with zero attached hydrogens (tertiary/aromatic N) is 2. The second-order valence-corrected chi connectivity index (χ2v) is 4.90. The molecule has 0 saturated carbocycles. The molecule has 0 fully saturated rings. The number of methoxy groups -OCH3 is 1. The molecule has 2 aromatic heterocycles. The number of anilines is 1. The van der Waals surface area contributed by atoms with Crippen molar-refractivity contribution in [2.75, 3.05) is 12.8 Å². The van der Waals surface area contributed by atoms with E-state index >= 15 is 0 Å². The van der Waals surface area contributed by atoms with Crippen molar-refractivity contribution in [3.63, 3.8) is 0 Å². The van der Waals surface area contributed by atoms with Crippen molar-refractivity contribution >= 4 is 33.0 Å². The summed E-state index contributed by atoms with van der Waals surface area (Å²) in [6.07, 6.45) is 0. The Morgan fingerprint density at radius 3 is 2.86 bits per heavy atom. The molecular weight excluding hydrogens is 288 g/mol. The number of nitrogen functional groups attached to an aromatic ring is 1. The Bertz CT molecular complexity index is 868. The summed E-state index contributed by atoms with van der Waals surface area (Å²) in [7, 11) is 1.59. The maximum atomic E-state index is 11.5. The number of ether oxygens (including phenoxy) is 1. The van der Waals surface area contributed by atoms with Crippen LogP contribution in [0.3, 0.4) is 0 Å². The van der Waals surface area contributed by atoms with Gasteiger partial charge in [-0.2, -0.15) is 0 Å². The maximum absolute atomic E-state index is 11.5. The van der Waals surface area contributed by atoms with Crippen LogP contribution in [0.4, 0.5) is 5.82 Å². The van der Waals surface area contributed by atoms with Gasteiger partial charge in [-0.05, 0) is 24.3 Å². The molecule has 0 aliphatic rings. The molecule has 3 aromatic rings. The highest BCUT2D eigenvalue weighted by Crippen LogP contribution is 2.19. The van der Waals surface area contributed by atoms with Crippen molar-refractivity contribution in [3.8, 4) is 5.75 Å². The minimum Gasteiger partial charge on any atom is -0.497 e. The minimum atomic E-state index is 0.334. The number of nitrogens with one attached hydrogen (secondary N) is 1. The van der Waals surface area contributed by atoms with Gasteiger partial charge in [-0.3, -0.25) is 0 Å². The van der Waals surface area contributed by atoms with Crippen molar-refractivity contribution in [1.29, 1.82) is 0 Å². The van der Waals surface area contributed by atoms with E-state index in [1.54, 1.807) is 31.4 Å². The number of pyridine rings is 1. The van der Waals surface area contributed by atoms with Gasteiger partial charge in [-0.1, -0.05) is 6.07 Å². The van der Waals surface area contributed by atoms with E-state index in [-0.39, 0.29) is 0 Å². The Balaban J connectivity index is 2.12. The van der Waals surface area contributed by atoms with E-state index in [0.29, 0.717) is 39.2 Å². The van der Waals surface area contributed by atoms with Gasteiger partial charge in [0.2, 0.25) is 0 Å². The molecule has 1 aromatic carbocycles. The van der Waals surface area contributed by atoms with E-state index < -0.39 is 0 Å². The summed E-state index contributed by atoms with van der Waals surface area (Å²) in [6.45, 7) is 0. The van der Waals surface area contributed by atoms with Gasteiger partial charge >= 0.3 is 0 Å². The molecule has 106 valence electrons. The van der Waals surface area contributed by atoms with Crippen molar-refractivity contribution < 1.29 is 8.95 Å². The summed E-state index contributed by atoms with van der Waals surface area (Å²) < 4.78 is 16.6. The summed E-state index contributed by atoms with van der Waals surface area (Å²) in [5.74, 6) is 1.53. The van der Waals surface area contributed by atoms with E-state index in [2.05, 4.69) is 15.0 Å². The van der Waals surface area contributed by atoms with Gasteiger partial charge in [0.05, 0.1) is 23.8 Å². The molecule has 0 atom stereocenters. The van der Waals surface area contributed by atoms with Crippen molar-refractivity contribution in [1.82, 2.24) is 15.0 Å².